The number of hydrogen-bond donors (Lipinski definition) is 3. The number of nitrogen functional groups attached to an aromatic ring is 1. The highest BCUT2D eigenvalue weighted by molar-refractivity contribution is 5.51. The minimum atomic E-state index is -0.616. The van der Waals surface area contributed by atoms with Crippen LogP contribution >= 0.6 is 0 Å². The third-order valence-corrected chi connectivity index (χ3v) is 3.28. The van der Waals surface area contributed by atoms with E-state index >= 15 is 0 Å². The van der Waals surface area contributed by atoms with Crippen molar-refractivity contribution >= 4 is 5.69 Å². The average Bonchev–Trinajstić information content (AvgIpc) is 2.25. The second-order valence-electron chi connectivity index (χ2n) is 5.75. The molecule has 1 aliphatic heterocycles. The number of ether oxygens (including phenoxy) is 1. The van der Waals surface area contributed by atoms with Crippen molar-refractivity contribution in [2.45, 2.75) is 51.5 Å². The van der Waals surface area contributed by atoms with Crippen LogP contribution in [0.5, 0.6) is 5.75 Å². The van der Waals surface area contributed by atoms with E-state index in [0.717, 1.165) is 11.3 Å². The summed E-state index contributed by atoms with van der Waals surface area (Å²) in [4.78, 5) is 0. The second-order valence-corrected chi connectivity index (χ2v) is 5.75. The summed E-state index contributed by atoms with van der Waals surface area (Å²) in [5, 5.41) is 13.8. The van der Waals surface area contributed by atoms with Crippen LogP contribution < -0.4 is 15.8 Å². The zero-order valence-corrected chi connectivity index (χ0v) is 11.4. The Bertz CT molecular complexity index is 443. The first-order valence-electron chi connectivity index (χ1n) is 6.34. The average molecular weight is 250 g/mol. The van der Waals surface area contributed by atoms with E-state index in [1.54, 1.807) is 0 Å². The molecule has 0 bridgehead atoms. The van der Waals surface area contributed by atoms with Crippen LogP contribution in [0.15, 0.2) is 18.2 Å². The number of rotatable bonds is 2. The Kier molecular flexibility index (Phi) is 3.25. The van der Waals surface area contributed by atoms with Crippen molar-refractivity contribution in [3.05, 3.63) is 23.8 Å². The van der Waals surface area contributed by atoms with Gasteiger partial charge in [-0.15, -0.1) is 0 Å². The predicted octanol–water partition coefficient (Wildman–Crippen LogP) is 1.84. The molecule has 0 radical (unpaired) electrons. The third-order valence-electron chi connectivity index (χ3n) is 3.28. The van der Waals surface area contributed by atoms with Gasteiger partial charge in [-0.2, -0.15) is 0 Å². The van der Waals surface area contributed by atoms with E-state index in [9.17, 15) is 5.11 Å². The van der Waals surface area contributed by atoms with Crippen LogP contribution in [-0.2, 0) is 0 Å². The van der Waals surface area contributed by atoms with E-state index in [1.165, 1.54) is 0 Å². The van der Waals surface area contributed by atoms with E-state index in [0.29, 0.717) is 5.69 Å². The van der Waals surface area contributed by atoms with Gasteiger partial charge in [0.1, 0.15) is 17.5 Å². The summed E-state index contributed by atoms with van der Waals surface area (Å²) in [6, 6.07) is 5.67. The van der Waals surface area contributed by atoms with Gasteiger partial charge in [-0.3, -0.25) is 0 Å². The molecule has 0 saturated heterocycles. The van der Waals surface area contributed by atoms with Gasteiger partial charge in [0.05, 0.1) is 6.04 Å². The summed E-state index contributed by atoms with van der Waals surface area (Å²) in [7, 11) is 0. The summed E-state index contributed by atoms with van der Waals surface area (Å²) in [5.41, 5.74) is 6.81. The number of hydrogen-bond acceptors (Lipinski definition) is 4. The smallest absolute Gasteiger partial charge is 0.131 e. The lowest BCUT2D eigenvalue weighted by atomic mass is 9.86. The molecule has 18 heavy (non-hydrogen) atoms. The van der Waals surface area contributed by atoms with Crippen molar-refractivity contribution < 1.29 is 9.84 Å². The Morgan fingerprint density at radius 3 is 2.67 bits per heavy atom. The topological polar surface area (TPSA) is 67.5 Å². The molecule has 2 atom stereocenters. The van der Waals surface area contributed by atoms with Gasteiger partial charge in [-0.05, 0) is 32.0 Å². The molecule has 0 fully saturated rings. The molecule has 100 valence electrons. The minimum absolute atomic E-state index is 0.160. The van der Waals surface area contributed by atoms with Crippen molar-refractivity contribution in [3.63, 3.8) is 0 Å². The number of aliphatic hydroxyl groups is 1. The Balaban J connectivity index is 2.46. The maximum absolute atomic E-state index is 10.5. The van der Waals surface area contributed by atoms with Crippen LogP contribution in [0.4, 0.5) is 5.69 Å². The van der Waals surface area contributed by atoms with Gasteiger partial charge >= 0.3 is 0 Å². The standard InChI is InChI=1S/C14H22N2O2/c1-8(2)16-12-10-7-9(15)5-6-11(10)18-14(3,4)13(12)17/h5-8,12-13,16-17H,15H2,1-4H3/t12-,13+/m1/s1. The molecule has 0 aromatic heterocycles. The molecule has 1 aliphatic rings. The zero-order chi connectivity index (χ0) is 13.5. The van der Waals surface area contributed by atoms with E-state index in [2.05, 4.69) is 19.2 Å². The fourth-order valence-electron chi connectivity index (χ4n) is 2.36. The number of nitrogens with one attached hydrogen (secondary N) is 1. The summed E-state index contributed by atoms with van der Waals surface area (Å²) in [5.74, 6) is 0.789. The van der Waals surface area contributed by atoms with Crippen molar-refractivity contribution in [3.8, 4) is 5.75 Å². The van der Waals surface area contributed by atoms with Crippen molar-refractivity contribution in [1.82, 2.24) is 5.32 Å². The molecule has 0 aliphatic carbocycles. The SMILES string of the molecule is CC(C)N[C@@H]1c2cc(N)ccc2OC(C)(C)[C@H]1O. The Hall–Kier alpha value is -1.26. The summed E-state index contributed by atoms with van der Waals surface area (Å²) in [6.45, 7) is 7.90. The van der Waals surface area contributed by atoms with Gasteiger partial charge in [-0.25, -0.2) is 0 Å². The fraction of sp³-hybridized carbons (Fsp3) is 0.571. The molecule has 4 N–H and O–H groups in total. The number of nitrogens with two attached hydrogens (primary N) is 1. The van der Waals surface area contributed by atoms with Gasteiger partial charge in [0.2, 0.25) is 0 Å². The van der Waals surface area contributed by atoms with Gasteiger partial charge in [0.15, 0.2) is 0 Å². The molecular weight excluding hydrogens is 228 g/mol. The van der Waals surface area contributed by atoms with Crippen LogP contribution in [0.1, 0.15) is 39.3 Å². The lowest BCUT2D eigenvalue weighted by molar-refractivity contribution is -0.0658. The maximum atomic E-state index is 10.5. The molecule has 1 aromatic carbocycles. The largest absolute Gasteiger partial charge is 0.485 e. The van der Waals surface area contributed by atoms with E-state index in [1.807, 2.05) is 32.0 Å². The first-order valence-corrected chi connectivity index (χ1v) is 6.34. The monoisotopic (exact) mass is 250 g/mol. The van der Waals surface area contributed by atoms with Crippen molar-refractivity contribution in [2.75, 3.05) is 5.73 Å². The molecular formula is C14H22N2O2. The fourth-order valence-corrected chi connectivity index (χ4v) is 2.36. The number of aliphatic hydroxyl groups excluding tert-OH is 1. The molecule has 1 heterocycles. The molecule has 0 amide bonds. The Morgan fingerprint density at radius 2 is 2.06 bits per heavy atom. The lowest BCUT2D eigenvalue weighted by Crippen LogP contribution is -2.53. The van der Waals surface area contributed by atoms with Crippen LogP contribution in [0.25, 0.3) is 0 Å². The highest BCUT2D eigenvalue weighted by Gasteiger charge is 2.42. The molecule has 4 heteroatoms. The molecule has 4 nitrogen and oxygen atoms in total. The van der Waals surface area contributed by atoms with Crippen LogP contribution in [-0.4, -0.2) is 22.9 Å². The van der Waals surface area contributed by atoms with Crippen LogP contribution in [0.2, 0.25) is 0 Å². The van der Waals surface area contributed by atoms with E-state index < -0.39 is 11.7 Å². The molecule has 1 aromatic rings. The van der Waals surface area contributed by atoms with E-state index in [4.69, 9.17) is 10.5 Å². The first kappa shape index (κ1) is 13.2. The van der Waals surface area contributed by atoms with Gasteiger partial charge in [0.25, 0.3) is 0 Å². The number of fused-ring (bicyclic) bond motifs is 1. The first-order chi connectivity index (χ1) is 8.31. The van der Waals surface area contributed by atoms with Crippen LogP contribution in [0.3, 0.4) is 0 Å². The highest BCUT2D eigenvalue weighted by Crippen LogP contribution is 2.40. The Morgan fingerprint density at radius 1 is 1.39 bits per heavy atom. The lowest BCUT2D eigenvalue weighted by Gasteiger charge is -2.43. The summed E-state index contributed by atoms with van der Waals surface area (Å²) < 4.78 is 5.85. The number of benzene rings is 1. The predicted molar refractivity (Wildman–Crippen MR) is 72.6 cm³/mol. The van der Waals surface area contributed by atoms with Gasteiger partial charge < -0.3 is 20.9 Å². The minimum Gasteiger partial charge on any atom is -0.485 e. The molecule has 0 saturated carbocycles. The van der Waals surface area contributed by atoms with Crippen molar-refractivity contribution in [2.24, 2.45) is 0 Å². The van der Waals surface area contributed by atoms with Crippen molar-refractivity contribution in [1.29, 1.82) is 0 Å². The second kappa shape index (κ2) is 4.44. The van der Waals surface area contributed by atoms with Crippen LogP contribution in [0, 0.1) is 0 Å². The zero-order valence-electron chi connectivity index (χ0n) is 11.4. The third kappa shape index (κ3) is 2.31. The molecule has 2 rings (SSSR count). The quantitative estimate of drug-likeness (QED) is 0.701. The highest BCUT2D eigenvalue weighted by atomic mass is 16.5. The Labute approximate surface area is 108 Å². The normalized spacial score (nSPS) is 25.7. The number of anilines is 1. The van der Waals surface area contributed by atoms with Gasteiger partial charge in [0, 0.05) is 17.3 Å². The maximum Gasteiger partial charge on any atom is 0.131 e. The van der Waals surface area contributed by atoms with E-state index in [-0.39, 0.29) is 12.1 Å². The van der Waals surface area contributed by atoms with Gasteiger partial charge in [-0.1, -0.05) is 13.8 Å². The molecule has 0 spiro atoms. The summed E-state index contributed by atoms with van der Waals surface area (Å²) >= 11 is 0. The summed E-state index contributed by atoms with van der Waals surface area (Å²) in [6.07, 6.45) is -0.616. The molecule has 0 unspecified atom stereocenters.